The second kappa shape index (κ2) is 9.45. The topological polar surface area (TPSA) is 171 Å². The number of hydrogen-bond donors (Lipinski definition) is 5. The Morgan fingerprint density at radius 3 is 2.26 bits per heavy atom. The molecule has 168 valence electrons. The Hall–Kier alpha value is -3.63. The van der Waals surface area contributed by atoms with Crippen molar-refractivity contribution in [3.05, 3.63) is 29.8 Å². The van der Waals surface area contributed by atoms with E-state index in [2.05, 4.69) is 16.0 Å². The van der Waals surface area contributed by atoms with Crippen LogP contribution in [0.5, 0.6) is 5.75 Å². The lowest BCUT2D eigenvalue weighted by Crippen LogP contribution is -2.64. The summed E-state index contributed by atoms with van der Waals surface area (Å²) in [6, 6.07) is 1.74. The summed E-state index contributed by atoms with van der Waals surface area (Å²) in [6.45, 7) is 5.03. The van der Waals surface area contributed by atoms with Crippen LogP contribution in [-0.4, -0.2) is 57.6 Å². The molecule has 0 saturated carbocycles. The van der Waals surface area contributed by atoms with Crippen LogP contribution >= 0.6 is 0 Å². The fraction of sp³-hybridized carbons (Fsp3) is 0.450. The maximum atomic E-state index is 12.6. The maximum absolute atomic E-state index is 12.6. The van der Waals surface area contributed by atoms with Crippen molar-refractivity contribution >= 4 is 29.7 Å². The second-order valence-electron chi connectivity index (χ2n) is 8.01. The van der Waals surface area contributed by atoms with Gasteiger partial charge in [-0.2, -0.15) is 0 Å². The summed E-state index contributed by atoms with van der Waals surface area (Å²) in [6.07, 6.45) is -0.333. The molecular weight excluding hydrogens is 410 g/mol. The minimum absolute atomic E-state index is 0.0169. The van der Waals surface area contributed by atoms with E-state index in [9.17, 15) is 29.1 Å². The molecule has 11 nitrogen and oxygen atoms in total. The Morgan fingerprint density at radius 2 is 1.71 bits per heavy atom. The molecular formula is C20H25N3O8. The highest BCUT2D eigenvalue weighted by Gasteiger charge is 2.38. The summed E-state index contributed by atoms with van der Waals surface area (Å²) in [5.41, 5.74) is -0.421. The van der Waals surface area contributed by atoms with Gasteiger partial charge in [-0.1, -0.05) is 12.1 Å². The van der Waals surface area contributed by atoms with Gasteiger partial charge >= 0.3 is 11.9 Å². The number of phenols is 1. The van der Waals surface area contributed by atoms with Crippen LogP contribution in [0.2, 0.25) is 0 Å². The maximum Gasteiger partial charge on any atom is 0.336 e. The number of nitrogens with one attached hydrogen (secondary N) is 3. The minimum Gasteiger partial charge on any atom is -0.508 e. The summed E-state index contributed by atoms with van der Waals surface area (Å²) in [7, 11) is 0. The highest BCUT2D eigenvalue weighted by molar-refractivity contribution is 6.08. The lowest BCUT2D eigenvalue weighted by Gasteiger charge is -2.27. The Labute approximate surface area is 178 Å². The molecule has 0 spiro atoms. The Morgan fingerprint density at radius 1 is 1.10 bits per heavy atom. The molecule has 1 aromatic carbocycles. The number of phenolic OH excluding ortho intramolecular Hbond substituents is 1. The first-order valence-electron chi connectivity index (χ1n) is 9.52. The number of carbonyl (C=O) groups is 5. The molecule has 1 aromatic rings. The first-order valence-corrected chi connectivity index (χ1v) is 9.52. The van der Waals surface area contributed by atoms with E-state index in [-0.39, 0.29) is 18.6 Å². The zero-order valence-electron chi connectivity index (χ0n) is 17.3. The molecule has 0 aromatic heterocycles. The van der Waals surface area contributed by atoms with Crippen LogP contribution in [0.1, 0.15) is 45.2 Å². The van der Waals surface area contributed by atoms with Crippen molar-refractivity contribution in [2.75, 3.05) is 0 Å². The standard InChI is InChI=1S/C20H25N3O8/c1-20(2,3)31-19(30)14(10-4-6-11(24)7-5-10)22-13(25)9-8-12-16(26)23-15(18(28)29)17(27)21-12/h4-7,12,14-15,24H,8-9H2,1-3H3,(H,21,27)(H,22,25)(H,23,26)(H,28,29)/t12-,14?,15?/m0/s1. The molecule has 1 fully saturated rings. The highest BCUT2D eigenvalue weighted by Crippen LogP contribution is 2.21. The van der Waals surface area contributed by atoms with E-state index in [0.29, 0.717) is 5.56 Å². The average Bonchev–Trinajstić information content (AvgIpc) is 2.65. The Bertz CT molecular complexity index is 875. The third-order valence-corrected chi connectivity index (χ3v) is 4.26. The van der Waals surface area contributed by atoms with Gasteiger partial charge in [-0.05, 0) is 44.9 Å². The summed E-state index contributed by atoms with van der Waals surface area (Å²) >= 11 is 0. The number of piperazine rings is 1. The predicted octanol–water partition coefficient (Wildman–Crippen LogP) is -0.261. The molecule has 0 bridgehead atoms. The Kier molecular flexibility index (Phi) is 7.21. The van der Waals surface area contributed by atoms with E-state index in [0.717, 1.165) is 0 Å². The van der Waals surface area contributed by atoms with Gasteiger partial charge in [0.05, 0.1) is 0 Å². The van der Waals surface area contributed by atoms with Crippen LogP contribution in [0.4, 0.5) is 0 Å². The van der Waals surface area contributed by atoms with Gasteiger partial charge < -0.3 is 30.9 Å². The molecule has 1 heterocycles. The van der Waals surface area contributed by atoms with Crippen molar-refractivity contribution in [2.24, 2.45) is 0 Å². The van der Waals surface area contributed by atoms with E-state index < -0.39 is 53.4 Å². The zero-order chi connectivity index (χ0) is 23.3. The number of hydrogen-bond acceptors (Lipinski definition) is 7. The lowest BCUT2D eigenvalue weighted by atomic mass is 10.0. The monoisotopic (exact) mass is 435 g/mol. The summed E-state index contributed by atoms with van der Waals surface area (Å²) < 4.78 is 5.35. The number of amides is 3. The van der Waals surface area contributed by atoms with Crippen LogP contribution < -0.4 is 16.0 Å². The smallest absolute Gasteiger partial charge is 0.336 e. The predicted molar refractivity (Wildman–Crippen MR) is 106 cm³/mol. The molecule has 31 heavy (non-hydrogen) atoms. The molecule has 5 N–H and O–H groups in total. The molecule has 1 aliphatic heterocycles. The van der Waals surface area contributed by atoms with Crippen molar-refractivity contribution in [1.29, 1.82) is 0 Å². The molecule has 0 radical (unpaired) electrons. The quantitative estimate of drug-likeness (QED) is 0.288. The van der Waals surface area contributed by atoms with Gasteiger partial charge in [0.25, 0.3) is 5.91 Å². The first kappa shape index (κ1) is 23.6. The van der Waals surface area contributed by atoms with Gasteiger partial charge in [0, 0.05) is 6.42 Å². The number of rotatable bonds is 7. The molecule has 3 amide bonds. The van der Waals surface area contributed by atoms with Crippen LogP contribution in [0, 0.1) is 0 Å². The van der Waals surface area contributed by atoms with Gasteiger partial charge in [-0.15, -0.1) is 0 Å². The van der Waals surface area contributed by atoms with Gasteiger partial charge in [0.1, 0.15) is 17.4 Å². The first-order chi connectivity index (χ1) is 14.4. The second-order valence-corrected chi connectivity index (χ2v) is 8.01. The molecule has 0 aliphatic carbocycles. The van der Waals surface area contributed by atoms with Crippen LogP contribution in [0.25, 0.3) is 0 Å². The molecule has 3 atom stereocenters. The van der Waals surface area contributed by atoms with Gasteiger partial charge in [-0.25, -0.2) is 9.59 Å². The fourth-order valence-electron chi connectivity index (χ4n) is 2.82. The Balaban J connectivity index is 2.04. The molecule has 11 heteroatoms. The van der Waals surface area contributed by atoms with E-state index in [1.54, 1.807) is 20.8 Å². The number of aliphatic carboxylic acids is 1. The molecule has 2 unspecified atom stereocenters. The molecule has 1 aliphatic rings. The minimum atomic E-state index is -1.68. The lowest BCUT2D eigenvalue weighted by molar-refractivity contribution is -0.159. The normalized spacial score (nSPS) is 19.6. The van der Waals surface area contributed by atoms with Crippen LogP contribution in [0.15, 0.2) is 24.3 Å². The van der Waals surface area contributed by atoms with E-state index in [1.807, 2.05) is 0 Å². The number of aromatic hydroxyl groups is 1. The SMILES string of the molecule is CC(C)(C)OC(=O)C(NC(=O)CC[C@@H]1NC(=O)C(C(=O)O)NC1=O)c1ccc(O)cc1. The van der Waals surface area contributed by atoms with Crippen LogP contribution in [-0.2, 0) is 28.7 Å². The van der Waals surface area contributed by atoms with E-state index >= 15 is 0 Å². The zero-order valence-corrected chi connectivity index (χ0v) is 17.3. The van der Waals surface area contributed by atoms with Crippen molar-refractivity contribution in [1.82, 2.24) is 16.0 Å². The number of benzene rings is 1. The third-order valence-electron chi connectivity index (χ3n) is 4.26. The van der Waals surface area contributed by atoms with Crippen molar-refractivity contribution in [3.63, 3.8) is 0 Å². The molecule has 1 saturated heterocycles. The number of carbonyl (C=O) groups excluding carboxylic acids is 4. The fourth-order valence-corrected chi connectivity index (χ4v) is 2.82. The summed E-state index contributed by atoms with van der Waals surface area (Å²) in [4.78, 5) is 59.7. The average molecular weight is 435 g/mol. The summed E-state index contributed by atoms with van der Waals surface area (Å²) in [5.74, 6) is -4.41. The van der Waals surface area contributed by atoms with Crippen molar-refractivity contribution in [3.8, 4) is 5.75 Å². The van der Waals surface area contributed by atoms with Gasteiger partial charge in [-0.3, -0.25) is 14.4 Å². The van der Waals surface area contributed by atoms with Crippen LogP contribution in [0.3, 0.4) is 0 Å². The number of ether oxygens (including phenoxy) is 1. The van der Waals surface area contributed by atoms with Gasteiger partial charge in [0.2, 0.25) is 17.9 Å². The van der Waals surface area contributed by atoms with Gasteiger partial charge in [0.15, 0.2) is 6.04 Å². The number of carboxylic acids is 1. The van der Waals surface area contributed by atoms with E-state index in [4.69, 9.17) is 9.84 Å². The summed E-state index contributed by atoms with van der Waals surface area (Å²) in [5, 5.41) is 25.2. The van der Waals surface area contributed by atoms with Crippen molar-refractivity contribution in [2.45, 2.75) is 57.3 Å². The number of carboxylic acid groups (broad SMARTS) is 1. The third kappa shape index (κ3) is 6.69. The largest absolute Gasteiger partial charge is 0.508 e. The van der Waals surface area contributed by atoms with Crippen molar-refractivity contribution < 1.29 is 38.9 Å². The van der Waals surface area contributed by atoms with E-state index in [1.165, 1.54) is 24.3 Å². The highest BCUT2D eigenvalue weighted by atomic mass is 16.6. The number of esters is 1. The molecule has 2 rings (SSSR count).